The summed E-state index contributed by atoms with van der Waals surface area (Å²) in [6.45, 7) is 1.42. The molecule has 0 atom stereocenters. The van der Waals surface area contributed by atoms with Gasteiger partial charge in [-0.2, -0.15) is 0 Å². The highest BCUT2D eigenvalue weighted by molar-refractivity contribution is 5.77. The summed E-state index contributed by atoms with van der Waals surface area (Å²) in [6, 6.07) is 2.69. The van der Waals surface area contributed by atoms with Crippen LogP contribution in [0.5, 0.6) is 5.75 Å². The van der Waals surface area contributed by atoms with Crippen LogP contribution in [-0.2, 0) is 9.59 Å². The van der Waals surface area contributed by atoms with Crippen molar-refractivity contribution in [2.45, 2.75) is 26.2 Å². The first kappa shape index (κ1) is 13.3. The van der Waals surface area contributed by atoms with Crippen LogP contribution in [0.1, 0.15) is 26.2 Å². The smallest absolute Gasteiger partial charge is 0.311 e. The standard InChI is InChI=1S/C12H12F2O3/c1-8(15)3-2-4-12(16)17-11-6-5-9(13)7-10(11)14/h5-7H,2-4H2,1H3. The van der Waals surface area contributed by atoms with E-state index in [0.717, 1.165) is 12.1 Å². The fraction of sp³-hybridized carbons (Fsp3) is 0.333. The van der Waals surface area contributed by atoms with Gasteiger partial charge in [-0.05, 0) is 25.5 Å². The van der Waals surface area contributed by atoms with Crippen molar-refractivity contribution >= 4 is 11.8 Å². The van der Waals surface area contributed by atoms with Crippen molar-refractivity contribution in [1.29, 1.82) is 0 Å². The second kappa shape index (κ2) is 6.08. The van der Waals surface area contributed by atoms with Gasteiger partial charge in [-0.25, -0.2) is 8.78 Å². The summed E-state index contributed by atoms with van der Waals surface area (Å²) >= 11 is 0. The number of hydrogen-bond donors (Lipinski definition) is 0. The summed E-state index contributed by atoms with van der Waals surface area (Å²) in [6.07, 6.45) is 0.661. The number of halogens is 2. The Balaban J connectivity index is 2.48. The molecule has 0 N–H and O–H groups in total. The predicted molar refractivity (Wildman–Crippen MR) is 56.5 cm³/mol. The molecule has 0 aliphatic rings. The third-order valence-electron chi connectivity index (χ3n) is 2.03. The van der Waals surface area contributed by atoms with E-state index in [1.54, 1.807) is 0 Å². The lowest BCUT2D eigenvalue weighted by atomic mass is 10.2. The van der Waals surface area contributed by atoms with Gasteiger partial charge in [0.25, 0.3) is 0 Å². The van der Waals surface area contributed by atoms with Crippen LogP contribution < -0.4 is 4.74 Å². The molecule has 0 unspecified atom stereocenters. The Morgan fingerprint density at radius 3 is 2.53 bits per heavy atom. The van der Waals surface area contributed by atoms with E-state index in [9.17, 15) is 18.4 Å². The van der Waals surface area contributed by atoms with Crippen molar-refractivity contribution in [1.82, 2.24) is 0 Å². The first-order chi connectivity index (χ1) is 7.99. The molecule has 1 rings (SSSR count). The third-order valence-corrected chi connectivity index (χ3v) is 2.03. The Bertz CT molecular complexity index is 430. The van der Waals surface area contributed by atoms with Crippen molar-refractivity contribution in [2.24, 2.45) is 0 Å². The molecule has 0 fully saturated rings. The number of rotatable bonds is 5. The molecule has 17 heavy (non-hydrogen) atoms. The van der Waals surface area contributed by atoms with Gasteiger partial charge in [0.15, 0.2) is 11.6 Å². The van der Waals surface area contributed by atoms with Crippen molar-refractivity contribution in [3.63, 3.8) is 0 Å². The maximum atomic E-state index is 13.1. The van der Waals surface area contributed by atoms with E-state index in [4.69, 9.17) is 4.74 Å². The number of hydrogen-bond acceptors (Lipinski definition) is 3. The molecule has 0 bridgehead atoms. The fourth-order valence-electron chi connectivity index (χ4n) is 1.21. The molecule has 3 nitrogen and oxygen atoms in total. The number of ether oxygens (including phenoxy) is 1. The summed E-state index contributed by atoms with van der Waals surface area (Å²) in [5, 5.41) is 0. The lowest BCUT2D eigenvalue weighted by molar-refractivity contribution is -0.134. The lowest BCUT2D eigenvalue weighted by Gasteiger charge is -2.04. The van der Waals surface area contributed by atoms with Crippen molar-refractivity contribution in [3.05, 3.63) is 29.8 Å². The number of benzene rings is 1. The molecule has 0 aliphatic carbocycles. The Labute approximate surface area is 97.4 Å². The van der Waals surface area contributed by atoms with Crippen LogP contribution in [0.3, 0.4) is 0 Å². The Morgan fingerprint density at radius 1 is 1.24 bits per heavy atom. The molecule has 0 aliphatic heterocycles. The summed E-state index contributed by atoms with van der Waals surface area (Å²) < 4.78 is 30.3. The fourth-order valence-corrected chi connectivity index (χ4v) is 1.21. The van der Waals surface area contributed by atoms with Crippen LogP contribution in [0, 0.1) is 11.6 Å². The third kappa shape index (κ3) is 4.72. The van der Waals surface area contributed by atoms with Gasteiger partial charge in [0.05, 0.1) is 0 Å². The highest BCUT2D eigenvalue weighted by atomic mass is 19.1. The van der Waals surface area contributed by atoms with E-state index < -0.39 is 17.6 Å². The van der Waals surface area contributed by atoms with Crippen LogP contribution in [0.25, 0.3) is 0 Å². The van der Waals surface area contributed by atoms with E-state index in [-0.39, 0.29) is 24.4 Å². The molecule has 1 aromatic rings. The highest BCUT2D eigenvalue weighted by Crippen LogP contribution is 2.18. The maximum Gasteiger partial charge on any atom is 0.311 e. The Kier molecular flexibility index (Phi) is 4.75. The van der Waals surface area contributed by atoms with E-state index >= 15 is 0 Å². The zero-order valence-electron chi connectivity index (χ0n) is 9.33. The number of ketones is 1. The van der Waals surface area contributed by atoms with E-state index in [1.165, 1.54) is 6.92 Å². The molecule has 0 heterocycles. The molecule has 1 aromatic carbocycles. The first-order valence-electron chi connectivity index (χ1n) is 5.14. The van der Waals surface area contributed by atoms with E-state index in [2.05, 4.69) is 0 Å². The summed E-state index contributed by atoms with van der Waals surface area (Å²) in [5.74, 6) is -2.63. The SMILES string of the molecule is CC(=O)CCCC(=O)Oc1ccc(F)cc1F. The second-order valence-corrected chi connectivity index (χ2v) is 3.60. The van der Waals surface area contributed by atoms with Gasteiger partial charge in [-0.15, -0.1) is 0 Å². The minimum Gasteiger partial charge on any atom is -0.423 e. The number of carbonyl (C=O) groups excluding carboxylic acids is 2. The molecule has 92 valence electrons. The lowest BCUT2D eigenvalue weighted by Crippen LogP contribution is -2.09. The Morgan fingerprint density at radius 2 is 1.94 bits per heavy atom. The predicted octanol–water partition coefficient (Wildman–Crippen LogP) is 2.63. The van der Waals surface area contributed by atoms with Crippen LogP contribution in [0.4, 0.5) is 8.78 Å². The highest BCUT2D eigenvalue weighted by Gasteiger charge is 2.10. The molecule has 0 aromatic heterocycles. The van der Waals surface area contributed by atoms with Crippen LogP contribution in [-0.4, -0.2) is 11.8 Å². The molecular formula is C12H12F2O3. The molecule has 0 amide bonds. The number of carbonyl (C=O) groups is 2. The molecular weight excluding hydrogens is 230 g/mol. The van der Waals surface area contributed by atoms with E-state index in [0.29, 0.717) is 12.5 Å². The largest absolute Gasteiger partial charge is 0.423 e. The summed E-state index contributed by atoms with van der Waals surface area (Å²) in [7, 11) is 0. The van der Waals surface area contributed by atoms with Crippen molar-refractivity contribution in [3.8, 4) is 5.75 Å². The van der Waals surface area contributed by atoms with Crippen LogP contribution >= 0.6 is 0 Å². The van der Waals surface area contributed by atoms with E-state index in [1.807, 2.05) is 0 Å². The van der Waals surface area contributed by atoms with Gasteiger partial charge in [-0.1, -0.05) is 0 Å². The number of Topliss-reactive ketones (excluding diaryl/α,β-unsaturated/α-hetero) is 1. The summed E-state index contributed by atoms with van der Waals surface area (Å²) in [4.78, 5) is 21.9. The van der Waals surface area contributed by atoms with Gasteiger partial charge >= 0.3 is 5.97 Å². The quantitative estimate of drug-likeness (QED) is 0.589. The van der Waals surface area contributed by atoms with Gasteiger partial charge in [0, 0.05) is 18.9 Å². The van der Waals surface area contributed by atoms with Crippen LogP contribution in [0.2, 0.25) is 0 Å². The van der Waals surface area contributed by atoms with Crippen LogP contribution in [0.15, 0.2) is 18.2 Å². The molecule has 5 heteroatoms. The topological polar surface area (TPSA) is 43.4 Å². The molecule has 0 saturated carbocycles. The molecule has 0 radical (unpaired) electrons. The zero-order chi connectivity index (χ0) is 12.8. The minimum atomic E-state index is -0.926. The van der Waals surface area contributed by atoms with Gasteiger partial charge in [-0.3, -0.25) is 4.79 Å². The monoisotopic (exact) mass is 242 g/mol. The number of esters is 1. The molecule has 0 saturated heterocycles. The maximum absolute atomic E-state index is 13.1. The van der Waals surface area contributed by atoms with Crippen molar-refractivity contribution in [2.75, 3.05) is 0 Å². The van der Waals surface area contributed by atoms with Crippen molar-refractivity contribution < 1.29 is 23.1 Å². The first-order valence-corrected chi connectivity index (χ1v) is 5.14. The average Bonchev–Trinajstić information content (AvgIpc) is 2.21. The zero-order valence-corrected chi connectivity index (χ0v) is 9.33. The second-order valence-electron chi connectivity index (χ2n) is 3.60. The minimum absolute atomic E-state index is 0.0224. The van der Waals surface area contributed by atoms with Gasteiger partial charge < -0.3 is 9.53 Å². The Hall–Kier alpha value is -1.78. The van der Waals surface area contributed by atoms with Gasteiger partial charge in [0.1, 0.15) is 11.6 Å². The molecule has 0 spiro atoms. The average molecular weight is 242 g/mol. The normalized spacial score (nSPS) is 10.1. The summed E-state index contributed by atoms with van der Waals surface area (Å²) in [5.41, 5.74) is 0. The van der Waals surface area contributed by atoms with Gasteiger partial charge in [0.2, 0.25) is 0 Å².